The molecule has 2 aliphatic rings. The molecule has 5 heteroatoms. The largest absolute Gasteiger partial charge is 0.358 e. The standard InChI is InChI=1S/C27H27ClO4/c1-26(2)31-23-22(30-25(28)24(23)32-26)18-29-27(19-12-6-3-7-13-19,20-14-8-4-9-15-20)21-16-10-5-11-17-21/h3-17,22-25H,18H2,1-2H3/t22-,23-,24-,25?/m1/s1. The van der Waals surface area contributed by atoms with E-state index in [1.807, 2.05) is 68.4 Å². The second kappa shape index (κ2) is 8.62. The first kappa shape index (κ1) is 21.6. The molecule has 0 aliphatic carbocycles. The molecule has 0 amide bonds. The summed E-state index contributed by atoms with van der Waals surface area (Å²) in [7, 11) is 0. The monoisotopic (exact) mass is 450 g/mol. The number of fused-ring (bicyclic) bond motifs is 1. The fraction of sp³-hybridized carbons (Fsp3) is 0.333. The summed E-state index contributed by atoms with van der Waals surface area (Å²) < 4.78 is 25.0. The molecule has 0 radical (unpaired) electrons. The van der Waals surface area contributed by atoms with Gasteiger partial charge in [0.2, 0.25) is 0 Å². The van der Waals surface area contributed by atoms with Gasteiger partial charge in [0, 0.05) is 0 Å². The molecule has 1 unspecified atom stereocenters. The van der Waals surface area contributed by atoms with Crippen molar-refractivity contribution >= 4 is 11.6 Å². The van der Waals surface area contributed by atoms with E-state index in [1.165, 1.54) is 0 Å². The lowest BCUT2D eigenvalue weighted by molar-refractivity contribution is -0.187. The number of ether oxygens (including phenoxy) is 4. The minimum atomic E-state index is -0.817. The fourth-order valence-electron chi connectivity index (χ4n) is 4.74. The molecule has 0 spiro atoms. The normalized spacial score (nSPS) is 26.7. The Morgan fingerprint density at radius 1 is 0.750 bits per heavy atom. The van der Waals surface area contributed by atoms with Crippen LogP contribution in [0.1, 0.15) is 30.5 Å². The maximum absolute atomic E-state index is 6.88. The zero-order valence-corrected chi connectivity index (χ0v) is 18.9. The van der Waals surface area contributed by atoms with Crippen molar-refractivity contribution in [3.05, 3.63) is 108 Å². The molecule has 32 heavy (non-hydrogen) atoms. The lowest BCUT2D eigenvalue weighted by Gasteiger charge is -2.37. The fourth-order valence-corrected chi connectivity index (χ4v) is 5.07. The molecule has 0 N–H and O–H groups in total. The average Bonchev–Trinajstić information content (AvgIpc) is 3.29. The van der Waals surface area contributed by atoms with Crippen molar-refractivity contribution in [3.63, 3.8) is 0 Å². The van der Waals surface area contributed by atoms with E-state index in [1.54, 1.807) is 0 Å². The molecule has 0 aromatic heterocycles. The number of rotatable bonds is 6. The highest BCUT2D eigenvalue weighted by Gasteiger charge is 2.55. The van der Waals surface area contributed by atoms with Crippen LogP contribution in [0, 0.1) is 0 Å². The molecule has 166 valence electrons. The van der Waals surface area contributed by atoms with Gasteiger partial charge in [-0.15, -0.1) is 0 Å². The minimum absolute atomic E-state index is 0.285. The lowest BCUT2D eigenvalue weighted by Crippen LogP contribution is -2.39. The Labute approximate surface area is 194 Å². The van der Waals surface area contributed by atoms with Crippen LogP contribution < -0.4 is 0 Å². The lowest BCUT2D eigenvalue weighted by atomic mass is 9.80. The number of alkyl halides is 1. The van der Waals surface area contributed by atoms with E-state index in [0.29, 0.717) is 6.61 Å². The van der Waals surface area contributed by atoms with Crippen molar-refractivity contribution in [1.29, 1.82) is 0 Å². The second-order valence-corrected chi connectivity index (χ2v) is 9.11. The Balaban J connectivity index is 1.55. The maximum Gasteiger partial charge on any atom is 0.164 e. The molecule has 2 fully saturated rings. The smallest absolute Gasteiger partial charge is 0.164 e. The molecule has 0 bridgehead atoms. The molecule has 3 aromatic rings. The van der Waals surface area contributed by atoms with E-state index in [9.17, 15) is 0 Å². The number of hydrogen-bond acceptors (Lipinski definition) is 4. The molecule has 2 heterocycles. The predicted molar refractivity (Wildman–Crippen MR) is 123 cm³/mol. The van der Waals surface area contributed by atoms with E-state index in [-0.39, 0.29) is 18.3 Å². The van der Waals surface area contributed by atoms with Gasteiger partial charge in [-0.25, -0.2) is 0 Å². The molecule has 4 atom stereocenters. The SMILES string of the molecule is CC1(C)O[C@@H]2[C@@H](COC(c3ccccc3)(c3ccccc3)c3ccccc3)OC(Cl)[C@@H]2O1. The predicted octanol–water partition coefficient (Wildman–Crippen LogP) is 5.48. The van der Waals surface area contributed by atoms with Crippen molar-refractivity contribution in [3.8, 4) is 0 Å². The minimum Gasteiger partial charge on any atom is -0.358 e. The highest BCUT2D eigenvalue weighted by atomic mass is 35.5. The number of benzene rings is 3. The van der Waals surface area contributed by atoms with Crippen LogP contribution in [-0.4, -0.2) is 36.3 Å². The van der Waals surface area contributed by atoms with E-state index in [0.717, 1.165) is 16.7 Å². The number of halogens is 1. The van der Waals surface area contributed by atoms with Crippen LogP contribution in [0.3, 0.4) is 0 Å². The topological polar surface area (TPSA) is 36.9 Å². The maximum atomic E-state index is 6.88. The summed E-state index contributed by atoms with van der Waals surface area (Å²) in [5, 5.41) is 0. The average molecular weight is 451 g/mol. The van der Waals surface area contributed by atoms with Gasteiger partial charge >= 0.3 is 0 Å². The van der Waals surface area contributed by atoms with Gasteiger partial charge in [-0.2, -0.15) is 0 Å². The van der Waals surface area contributed by atoms with Crippen molar-refractivity contribution < 1.29 is 18.9 Å². The first-order chi connectivity index (χ1) is 15.5. The number of hydrogen-bond donors (Lipinski definition) is 0. The van der Waals surface area contributed by atoms with Crippen molar-refractivity contribution in [2.75, 3.05) is 6.61 Å². The van der Waals surface area contributed by atoms with Crippen LogP contribution in [0.2, 0.25) is 0 Å². The van der Waals surface area contributed by atoms with Crippen LogP contribution in [0.15, 0.2) is 91.0 Å². The van der Waals surface area contributed by atoms with Gasteiger partial charge in [-0.05, 0) is 30.5 Å². The zero-order chi connectivity index (χ0) is 22.2. The Hall–Kier alpha value is -2.21. The summed E-state index contributed by atoms with van der Waals surface area (Å²) in [4.78, 5) is 0. The summed E-state index contributed by atoms with van der Waals surface area (Å²) in [6.07, 6.45) is -0.952. The van der Waals surface area contributed by atoms with Gasteiger partial charge in [-0.3, -0.25) is 0 Å². The Morgan fingerprint density at radius 2 is 1.19 bits per heavy atom. The van der Waals surface area contributed by atoms with E-state index < -0.39 is 17.0 Å². The third-order valence-corrected chi connectivity index (χ3v) is 6.45. The van der Waals surface area contributed by atoms with Crippen LogP contribution in [0.25, 0.3) is 0 Å². The Bertz CT molecular complexity index is 929. The third-order valence-electron chi connectivity index (χ3n) is 6.10. The third kappa shape index (κ3) is 3.87. The molecule has 5 rings (SSSR count). The zero-order valence-electron chi connectivity index (χ0n) is 18.2. The molecule has 4 nitrogen and oxygen atoms in total. The molecular weight excluding hydrogens is 424 g/mol. The second-order valence-electron chi connectivity index (χ2n) is 8.68. The van der Waals surface area contributed by atoms with Crippen LogP contribution in [0.4, 0.5) is 0 Å². The van der Waals surface area contributed by atoms with E-state index in [2.05, 4.69) is 36.4 Å². The van der Waals surface area contributed by atoms with Crippen LogP contribution in [-0.2, 0) is 24.5 Å². The molecule has 2 saturated heterocycles. The summed E-state index contributed by atoms with van der Waals surface area (Å²) >= 11 is 6.45. The molecule has 3 aromatic carbocycles. The van der Waals surface area contributed by atoms with Gasteiger partial charge in [0.25, 0.3) is 0 Å². The van der Waals surface area contributed by atoms with Gasteiger partial charge in [0.1, 0.15) is 23.9 Å². The summed E-state index contributed by atoms with van der Waals surface area (Å²) in [6.45, 7) is 4.09. The highest BCUT2D eigenvalue weighted by molar-refractivity contribution is 6.20. The summed E-state index contributed by atoms with van der Waals surface area (Å²) in [5.41, 5.74) is 1.73. The van der Waals surface area contributed by atoms with Crippen molar-refractivity contribution in [2.45, 2.75) is 49.1 Å². The Morgan fingerprint density at radius 3 is 1.66 bits per heavy atom. The molecule has 2 aliphatic heterocycles. The van der Waals surface area contributed by atoms with Crippen LogP contribution in [0.5, 0.6) is 0 Å². The first-order valence-corrected chi connectivity index (χ1v) is 11.4. The van der Waals surface area contributed by atoms with Gasteiger partial charge < -0.3 is 18.9 Å². The van der Waals surface area contributed by atoms with Gasteiger partial charge in [0.05, 0.1) is 6.61 Å². The van der Waals surface area contributed by atoms with Crippen molar-refractivity contribution in [2.24, 2.45) is 0 Å². The van der Waals surface area contributed by atoms with E-state index >= 15 is 0 Å². The molecular formula is C27H27ClO4. The van der Waals surface area contributed by atoms with Crippen LogP contribution >= 0.6 is 11.6 Å². The first-order valence-electron chi connectivity index (χ1n) is 11.0. The highest BCUT2D eigenvalue weighted by Crippen LogP contribution is 2.44. The van der Waals surface area contributed by atoms with Crippen molar-refractivity contribution in [1.82, 2.24) is 0 Å². The summed E-state index contributed by atoms with van der Waals surface area (Å²) in [6, 6.07) is 30.8. The quantitative estimate of drug-likeness (QED) is 0.368. The summed E-state index contributed by atoms with van der Waals surface area (Å²) in [5.74, 6) is -0.695. The molecule has 0 saturated carbocycles. The van der Waals surface area contributed by atoms with E-state index in [4.69, 9.17) is 30.5 Å². The van der Waals surface area contributed by atoms with Gasteiger partial charge in [-0.1, -0.05) is 103 Å². The van der Waals surface area contributed by atoms with Gasteiger partial charge in [0.15, 0.2) is 11.4 Å². The Kier molecular flexibility index (Phi) is 5.82.